The number of rotatable bonds is 26. The molecule has 0 bridgehead atoms. The smallest absolute Gasteiger partial charge is 0.303 e. The quantitative estimate of drug-likeness (QED) is 0.0783. The minimum Gasteiger partial charge on any atom is -0.481 e. The number of hydrogen-bond donors (Lipinski definition) is 2. The number of carboxylic acids is 2. The van der Waals surface area contributed by atoms with Gasteiger partial charge >= 0.3 is 11.9 Å². The molecular weight excluding hydrogens is 520 g/mol. The van der Waals surface area contributed by atoms with Crippen LogP contribution in [0.3, 0.4) is 0 Å². The second-order valence-corrected chi connectivity index (χ2v) is 13.4. The summed E-state index contributed by atoms with van der Waals surface area (Å²) in [5, 5.41) is 17.8. The Morgan fingerprint density at radius 1 is 0.714 bits per heavy atom. The molecule has 2 rings (SSSR count). The van der Waals surface area contributed by atoms with Gasteiger partial charge in [-0.3, -0.25) is 9.59 Å². The normalized spacial score (nSPS) is 23.4. The molecule has 42 heavy (non-hydrogen) atoms. The number of carbonyl (C=O) groups is 2. The summed E-state index contributed by atoms with van der Waals surface area (Å²) >= 11 is 0. The zero-order chi connectivity index (χ0) is 30.4. The number of fused-ring (bicyclic) bond motifs is 1. The van der Waals surface area contributed by atoms with Gasteiger partial charge in [0.15, 0.2) is 0 Å². The van der Waals surface area contributed by atoms with Crippen LogP contribution in [0.1, 0.15) is 161 Å². The lowest BCUT2D eigenvalue weighted by Crippen LogP contribution is -2.31. The number of unbranched alkanes of at least 4 members (excludes halogenated alkanes) is 13. The SMILES string of the molecule is C=CCCCCC1C2=CC(CCCCCCCC(=O)O)C(CCCCCCCC(=O)O)CC2C=CC1CCCCCC. The molecule has 0 heterocycles. The highest BCUT2D eigenvalue weighted by atomic mass is 16.4. The van der Waals surface area contributed by atoms with Crippen molar-refractivity contribution in [1.82, 2.24) is 0 Å². The Balaban J connectivity index is 2.04. The Morgan fingerprint density at radius 2 is 1.26 bits per heavy atom. The van der Waals surface area contributed by atoms with Crippen molar-refractivity contribution in [2.75, 3.05) is 0 Å². The summed E-state index contributed by atoms with van der Waals surface area (Å²) in [7, 11) is 0. The molecule has 0 saturated carbocycles. The van der Waals surface area contributed by atoms with E-state index in [4.69, 9.17) is 10.2 Å². The highest BCUT2D eigenvalue weighted by Crippen LogP contribution is 2.48. The van der Waals surface area contributed by atoms with E-state index in [0.29, 0.717) is 36.5 Å². The van der Waals surface area contributed by atoms with Gasteiger partial charge in [0.25, 0.3) is 0 Å². The Kier molecular flexibility index (Phi) is 19.6. The molecule has 0 saturated heterocycles. The van der Waals surface area contributed by atoms with Gasteiger partial charge in [-0.2, -0.15) is 0 Å². The van der Waals surface area contributed by atoms with Crippen molar-refractivity contribution in [3.63, 3.8) is 0 Å². The van der Waals surface area contributed by atoms with Crippen LogP contribution in [0.25, 0.3) is 0 Å². The summed E-state index contributed by atoms with van der Waals surface area (Å²) in [5.41, 5.74) is 1.77. The summed E-state index contributed by atoms with van der Waals surface area (Å²) in [4.78, 5) is 21.6. The Hall–Kier alpha value is -1.84. The largest absolute Gasteiger partial charge is 0.481 e. The lowest BCUT2D eigenvalue weighted by Gasteiger charge is -2.42. The van der Waals surface area contributed by atoms with E-state index in [1.807, 2.05) is 0 Å². The summed E-state index contributed by atoms with van der Waals surface area (Å²) in [6, 6.07) is 0. The number of hydrogen-bond acceptors (Lipinski definition) is 2. The predicted molar refractivity (Wildman–Crippen MR) is 177 cm³/mol. The summed E-state index contributed by atoms with van der Waals surface area (Å²) in [5.74, 6) is 2.10. The maximum atomic E-state index is 10.8. The zero-order valence-corrected chi connectivity index (χ0v) is 27.1. The molecule has 0 aromatic rings. The first-order chi connectivity index (χ1) is 20.5. The Bertz CT molecular complexity index is 812. The molecule has 0 aromatic carbocycles. The number of aliphatic carboxylic acids is 2. The van der Waals surface area contributed by atoms with Gasteiger partial charge in [-0.05, 0) is 87.4 Å². The molecule has 2 N–H and O–H groups in total. The molecule has 0 spiro atoms. The fourth-order valence-electron chi connectivity index (χ4n) is 7.58. The van der Waals surface area contributed by atoms with Crippen molar-refractivity contribution in [1.29, 1.82) is 0 Å². The minimum absolute atomic E-state index is 0.301. The molecule has 0 aliphatic heterocycles. The molecule has 4 heteroatoms. The van der Waals surface area contributed by atoms with E-state index >= 15 is 0 Å². The summed E-state index contributed by atoms with van der Waals surface area (Å²) < 4.78 is 0. The van der Waals surface area contributed by atoms with E-state index in [1.54, 1.807) is 5.57 Å². The van der Waals surface area contributed by atoms with E-state index in [9.17, 15) is 9.59 Å². The highest BCUT2D eigenvalue weighted by molar-refractivity contribution is 5.66. The van der Waals surface area contributed by atoms with Gasteiger partial charge < -0.3 is 10.2 Å². The molecule has 5 atom stereocenters. The van der Waals surface area contributed by atoms with Crippen molar-refractivity contribution in [2.45, 2.75) is 161 Å². The van der Waals surface area contributed by atoms with Crippen LogP contribution in [0, 0.1) is 29.6 Å². The van der Waals surface area contributed by atoms with Crippen molar-refractivity contribution in [2.24, 2.45) is 29.6 Å². The third-order valence-electron chi connectivity index (χ3n) is 9.99. The predicted octanol–water partition coefficient (Wildman–Crippen LogP) is 11.3. The number of carboxylic acid groups (broad SMARTS) is 2. The molecule has 0 amide bonds. The van der Waals surface area contributed by atoms with Gasteiger partial charge in [0.05, 0.1) is 0 Å². The van der Waals surface area contributed by atoms with Crippen LogP contribution in [0.2, 0.25) is 0 Å². The van der Waals surface area contributed by atoms with Gasteiger partial charge in [-0.25, -0.2) is 0 Å². The molecule has 5 unspecified atom stereocenters. The minimum atomic E-state index is -0.674. The van der Waals surface area contributed by atoms with Crippen LogP contribution in [0.5, 0.6) is 0 Å². The second-order valence-electron chi connectivity index (χ2n) is 13.4. The van der Waals surface area contributed by atoms with Crippen LogP contribution < -0.4 is 0 Å². The maximum absolute atomic E-state index is 10.8. The van der Waals surface area contributed by atoms with Crippen molar-refractivity contribution in [3.05, 3.63) is 36.5 Å². The monoisotopic (exact) mass is 584 g/mol. The highest BCUT2D eigenvalue weighted by Gasteiger charge is 2.37. The topological polar surface area (TPSA) is 74.6 Å². The Labute approximate surface area is 258 Å². The molecule has 240 valence electrons. The Morgan fingerprint density at radius 3 is 1.88 bits per heavy atom. The molecule has 0 radical (unpaired) electrons. The van der Waals surface area contributed by atoms with Gasteiger partial charge in [0.2, 0.25) is 0 Å². The van der Waals surface area contributed by atoms with Crippen molar-refractivity contribution >= 4 is 11.9 Å². The summed E-state index contributed by atoms with van der Waals surface area (Å²) in [6.07, 6.45) is 37.1. The fourth-order valence-corrected chi connectivity index (χ4v) is 7.58. The first-order valence-electron chi connectivity index (χ1n) is 17.9. The van der Waals surface area contributed by atoms with E-state index in [-0.39, 0.29) is 0 Å². The summed E-state index contributed by atoms with van der Waals surface area (Å²) in [6.45, 7) is 6.24. The van der Waals surface area contributed by atoms with E-state index in [2.05, 4.69) is 37.8 Å². The third kappa shape index (κ3) is 15.1. The average Bonchev–Trinajstić information content (AvgIpc) is 2.96. The average molecular weight is 585 g/mol. The molecule has 0 aromatic heterocycles. The van der Waals surface area contributed by atoms with E-state index < -0.39 is 11.9 Å². The third-order valence-corrected chi connectivity index (χ3v) is 9.99. The van der Waals surface area contributed by atoms with Crippen LogP contribution in [0.4, 0.5) is 0 Å². The van der Waals surface area contributed by atoms with Gasteiger partial charge in [0, 0.05) is 12.8 Å². The lowest BCUT2D eigenvalue weighted by molar-refractivity contribution is -0.138. The first kappa shape index (κ1) is 36.4. The van der Waals surface area contributed by atoms with Crippen molar-refractivity contribution < 1.29 is 19.8 Å². The van der Waals surface area contributed by atoms with Gasteiger partial charge in [0.1, 0.15) is 0 Å². The first-order valence-corrected chi connectivity index (χ1v) is 17.9. The second kappa shape index (κ2) is 22.7. The molecule has 0 fully saturated rings. The van der Waals surface area contributed by atoms with Crippen LogP contribution >= 0.6 is 0 Å². The molecule has 2 aliphatic carbocycles. The van der Waals surface area contributed by atoms with Crippen molar-refractivity contribution in [3.8, 4) is 0 Å². The molecule has 2 aliphatic rings. The van der Waals surface area contributed by atoms with Gasteiger partial charge in [-0.1, -0.05) is 120 Å². The molecule has 4 nitrogen and oxygen atoms in total. The standard InChI is InChI=1S/C38H64O4/c1-3-5-7-15-21-31-27-28-34-29-32(22-16-11-9-13-19-25-37(39)40)33(23-17-12-10-14-20-26-38(41)42)30-36(34)35(31)24-18-8-6-4-2/h4,27-28,30-35H,2-3,5-26,29H2,1H3,(H,39,40)(H,41,42). The van der Waals surface area contributed by atoms with E-state index in [1.165, 1.54) is 96.3 Å². The molecular formula is C38H64O4. The van der Waals surface area contributed by atoms with Gasteiger partial charge in [-0.15, -0.1) is 6.58 Å². The van der Waals surface area contributed by atoms with Crippen LogP contribution in [-0.2, 0) is 9.59 Å². The number of allylic oxidation sites excluding steroid dienone is 5. The van der Waals surface area contributed by atoms with Crippen LogP contribution in [-0.4, -0.2) is 22.2 Å². The lowest BCUT2D eigenvalue weighted by atomic mass is 9.62. The van der Waals surface area contributed by atoms with Crippen LogP contribution in [0.15, 0.2) is 36.5 Å². The fraction of sp³-hybridized carbons (Fsp3) is 0.789. The maximum Gasteiger partial charge on any atom is 0.303 e. The zero-order valence-electron chi connectivity index (χ0n) is 27.1. The van der Waals surface area contributed by atoms with E-state index in [0.717, 1.165) is 50.9 Å².